The minimum atomic E-state index is -1.10. The largest absolute Gasteiger partial charge is 0.388 e. The summed E-state index contributed by atoms with van der Waals surface area (Å²) in [4.78, 5) is 0. The molecule has 0 radical (unpaired) electrons. The summed E-state index contributed by atoms with van der Waals surface area (Å²) < 4.78 is 28.5. The molecule has 0 saturated carbocycles. The fraction of sp³-hybridized carbons (Fsp3) is 0.357. The van der Waals surface area contributed by atoms with Crippen LogP contribution in [-0.2, 0) is 13.5 Å². The highest BCUT2D eigenvalue weighted by atomic mass is 35.5. The summed E-state index contributed by atoms with van der Waals surface area (Å²) in [5, 5.41) is 14.7. The van der Waals surface area contributed by atoms with Crippen LogP contribution in [0.2, 0.25) is 5.15 Å². The van der Waals surface area contributed by atoms with Crippen molar-refractivity contribution in [1.82, 2.24) is 9.78 Å². The van der Waals surface area contributed by atoms with Crippen LogP contribution in [0.5, 0.6) is 0 Å². The summed E-state index contributed by atoms with van der Waals surface area (Å²) in [6, 6.07) is 2.10. The van der Waals surface area contributed by atoms with Gasteiger partial charge in [-0.2, -0.15) is 5.10 Å². The van der Waals surface area contributed by atoms with Crippen molar-refractivity contribution in [2.45, 2.75) is 26.4 Å². The van der Waals surface area contributed by atoms with Crippen molar-refractivity contribution in [2.75, 3.05) is 0 Å². The van der Waals surface area contributed by atoms with E-state index in [1.54, 1.807) is 14.0 Å². The van der Waals surface area contributed by atoms with Gasteiger partial charge < -0.3 is 5.11 Å². The minimum absolute atomic E-state index is 0.0585. The molecule has 0 bridgehead atoms. The van der Waals surface area contributed by atoms with Crippen LogP contribution in [0.1, 0.15) is 28.5 Å². The highest BCUT2D eigenvalue weighted by Gasteiger charge is 2.20. The molecule has 20 heavy (non-hydrogen) atoms. The van der Waals surface area contributed by atoms with E-state index in [0.717, 1.165) is 6.07 Å². The minimum Gasteiger partial charge on any atom is -0.388 e. The number of aliphatic hydroxyl groups is 1. The zero-order valence-corrected chi connectivity index (χ0v) is 12.2. The molecule has 1 aromatic carbocycles. The predicted octanol–water partition coefficient (Wildman–Crippen LogP) is 3.24. The maximum absolute atomic E-state index is 13.7. The molecule has 2 rings (SSSR count). The topological polar surface area (TPSA) is 38.1 Å². The molecule has 2 aromatic rings. The van der Waals surface area contributed by atoms with Crippen LogP contribution in [-0.4, -0.2) is 14.9 Å². The monoisotopic (exact) mass is 300 g/mol. The molecule has 1 aromatic heterocycles. The lowest BCUT2D eigenvalue weighted by Crippen LogP contribution is -2.06. The normalized spacial score (nSPS) is 12.8. The van der Waals surface area contributed by atoms with Gasteiger partial charge in [0.1, 0.15) is 16.8 Å². The number of rotatable bonds is 3. The third-order valence-corrected chi connectivity index (χ3v) is 3.78. The molecule has 0 amide bonds. The Balaban J connectivity index is 2.33. The number of aliphatic hydroxyl groups excluding tert-OH is 1. The summed E-state index contributed by atoms with van der Waals surface area (Å²) >= 11 is 6.08. The highest BCUT2D eigenvalue weighted by Crippen LogP contribution is 2.28. The predicted molar refractivity (Wildman–Crippen MR) is 72.7 cm³/mol. The average molecular weight is 301 g/mol. The molecule has 1 heterocycles. The van der Waals surface area contributed by atoms with Crippen molar-refractivity contribution in [2.24, 2.45) is 7.05 Å². The van der Waals surface area contributed by atoms with Crippen molar-refractivity contribution in [3.63, 3.8) is 0 Å². The van der Waals surface area contributed by atoms with Crippen LogP contribution in [0.4, 0.5) is 8.78 Å². The summed E-state index contributed by atoms with van der Waals surface area (Å²) in [5.74, 6) is -1.40. The number of halogens is 3. The van der Waals surface area contributed by atoms with Gasteiger partial charge in [-0.3, -0.25) is 4.68 Å². The second-order valence-corrected chi connectivity index (χ2v) is 5.18. The molecule has 108 valence electrons. The molecule has 0 aliphatic carbocycles. The van der Waals surface area contributed by atoms with Gasteiger partial charge in [-0.1, -0.05) is 11.6 Å². The number of hydrogen-bond donors (Lipinski definition) is 1. The van der Waals surface area contributed by atoms with Gasteiger partial charge in [-0.25, -0.2) is 8.78 Å². The molecule has 1 atom stereocenters. The summed E-state index contributed by atoms with van der Waals surface area (Å²) in [7, 11) is 1.69. The second kappa shape index (κ2) is 5.50. The maximum Gasteiger partial charge on any atom is 0.131 e. The summed E-state index contributed by atoms with van der Waals surface area (Å²) in [6.45, 7) is 3.29. The molecule has 0 saturated heterocycles. The van der Waals surface area contributed by atoms with E-state index < -0.39 is 17.7 Å². The molecule has 0 spiro atoms. The first-order chi connectivity index (χ1) is 9.31. The van der Waals surface area contributed by atoms with Gasteiger partial charge in [0.15, 0.2) is 0 Å². The van der Waals surface area contributed by atoms with Crippen molar-refractivity contribution in [1.29, 1.82) is 0 Å². The van der Waals surface area contributed by atoms with Crippen LogP contribution >= 0.6 is 11.6 Å². The van der Waals surface area contributed by atoms with Crippen molar-refractivity contribution < 1.29 is 13.9 Å². The highest BCUT2D eigenvalue weighted by molar-refractivity contribution is 6.30. The van der Waals surface area contributed by atoms with Crippen LogP contribution in [0.25, 0.3) is 0 Å². The van der Waals surface area contributed by atoms with Crippen molar-refractivity contribution >= 4 is 11.6 Å². The van der Waals surface area contributed by atoms with E-state index in [1.165, 1.54) is 17.7 Å². The summed E-state index contributed by atoms with van der Waals surface area (Å²) in [6.07, 6.45) is -0.977. The number of nitrogens with zero attached hydrogens (tertiary/aromatic N) is 2. The number of benzene rings is 1. The molecule has 6 heteroatoms. The Morgan fingerprint density at radius 2 is 1.95 bits per heavy atom. The Kier molecular flexibility index (Phi) is 4.11. The van der Waals surface area contributed by atoms with Gasteiger partial charge in [0.05, 0.1) is 11.8 Å². The van der Waals surface area contributed by atoms with E-state index in [-0.39, 0.29) is 17.5 Å². The Morgan fingerprint density at radius 3 is 2.50 bits per heavy atom. The Bertz CT molecular complexity index is 655. The SMILES string of the molecule is Cc1cc(C(O)Cc2c(C)nn(C)c2Cl)c(F)cc1F. The smallest absolute Gasteiger partial charge is 0.131 e. The van der Waals surface area contributed by atoms with E-state index in [9.17, 15) is 13.9 Å². The van der Waals surface area contributed by atoms with Crippen LogP contribution < -0.4 is 0 Å². The molecule has 3 nitrogen and oxygen atoms in total. The van der Waals surface area contributed by atoms with Gasteiger partial charge in [0, 0.05) is 30.7 Å². The van der Waals surface area contributed by atoms with E-state index in [0.29, 0.717) is 16.4 Å². The zero-order chi connectivity index (χ0) is 15.0. The first-order valence-corrected chi connectivity index (χ1v) is 6.50. The molecule has 0 aliphatic rings. The second-order valence-electron chi connectivity index (χ2n) is 4.82. The Hall–Kier alpha value is -1.46. The van der Waals surface area contributed by atoms with Gasteiger partial charge in [-0.15, -0.1) is 0 Å². The molecule has 0 aliphatic heterocycles. The number of hydrogen-bond acceptors (Lipinski definition) is 2. The van der Waals surface area contributed by atoms with E-state index in [2.05, 4.69) is 5.10 Å². The lowest BCUT2D eigenvalue weighted by atomic mass is 9.99. The van der Waals surface area contributed by atoms with Crippen molar-refractivity contribution in [3.8, 4) is 0 Å². The van der Waals surface area contributed by atoms with Crippen LogP contribution in [0.3, 0.4) is 0 Å². The first-order valence-electron chi connectivity index (χ1n) is 6.12. The maximum atomic E-state index is 13.7. The molecular formula is C14H15ClF2N2O. The molecule has 0 fully saturated rings. The van der Waals surface area contributed by atoms with Gasteiger partial charge in [-0.05, 0) is 25.5 Å². The Morgan fingerprint density at radius 1 is 1.30 bits per heavy atom. The van der Waals surface area contributed by atoms with Crippen LogP contribution in [0, 0.1) is 25.5 Å². The Labute approximate surface area is 120 Å². The fourth-order valence-corrected chi connectivity index (χ4v) is 2.40. The molecule has 1 unspecified atom stereocenters. The lowest BCUT2D eigenvalue weighted by molar-refractivity contribution is 0.173. The van der Waals surface area contributed by atoms with E-state index in [4.69, 9.17) is 11.6 Å². The third kappa shape index (κ3) is 2.69. The van der Waals surface area contributed by atoms with E-state index in [1.807, 2.05) is 0 Å². The molecule has 1 N–H and O–H groups in total. The quantitative estimate of drug-likeness (QED) is 0.945. The average Bonchev–Trinajstić information content (AvgIpc) is 2.60. The first kappa shape index (κ1) is 14.9. The van der Waals surface area contributed by atoms with Gasteiger partial charge >= 0.3 is 0 Å². The third-order valence-electron chi connectivity index (χ3n) is 3.30. The molecular weight excluding hydrogens is 286 g/mol. The summed E-state index contributed by atoms with van der Waals surface area (Å²) in [5.41, 5.74) is 1.68. The van der Waals surface area contributed by atoms with Crippen molar-refractivity contribution in [3.05, 3.63) is 51.3 Å². The van der Waals surface area contributed by atoms with Gasteiger partial charge in [0.2, 0.25) is 0 Å². The van der Waals surface area contributed by atoms with Gasteiger partial charge in [0.25, 0.3) is 0 Å². The lowest BCUT2D eigenvalue weighted by Gasteiger charge is -2.13. The fourth-order valence-electron chi connectivity index (χ4n) is 2.14. The van der Waals surface area contributed by atoms with Crippen LogP contribution in [0.15, 0.2) is 12.1 Å². The van der Waals surface area contributed by atoms with E-state index >= 15 is 0 Å². The zero-order valence-electron chi connectivity index (χ0n) is 11.4. The number of aromatic nitrogens is 2. The standard InChI is InChI=1S/C14H15ClF2N2O/c1-7-4-10(12(17)6-11(7)16)13(20)5-9-8(2)18-19(3)14(9)15/h4,6,13,20H,5H2,1-3H3. The number of aryl methyl sites for hydroxylation is 3.